The molecule has 3 aromatic carbocycles. The van der Waals surface area contributed by atoms with Gasteiger partial charge in [-0.15, -0.1) is 0 Å². The third-order valence-electron chi connectivity index (χ3n) is 4.23. The Morgan fingerprint density at radius 3 is 2.10 bits per heavy atom. The monoisotopic (exact) mass is 270 g/mol. The van der Waals surface area contributed by atoms with Gasteiger partial charge in [-0.05, 0) is 39.8 Å². The molecule has 0 N–H and O–H groups in total. The summed E-state index contributed by atoms with van der Waals surface area (Å²) in [5.74, 6) is 0. The van der Waals surface area contributed by atoms with E-state index >= 15 is 0 Å². The lowest BCUT2D eigenvalue weighted by atomic mass is 9.93. The highest BCUT2D eigenvalue weighted by Gasteiger charge is 2.21. The molecule has 0 radical (unpaired) electrons. The van der Waals surface area contributed by atoms with Crippen LogP contribution in [0.4, 0.5) is 0 Å². The van der Waals surface area contributed by atoms with Crippen molar-refractivity contribution in [2.24, 2.45) is 0 Å². The molecule has 0 spiro atoms. The van der Waals surface area contributed by atoms with Crippen LogP contribution in [0.15, 0.2) is 66.7 Å². The number of fused-ring (bicyclic) bond motifs is 3. The molecule has 0 aliphatic heterocycles. The molecule has 0 heterocycles. The van der Waals surface area contributed by atoms with Gasteiger partial charge in [-0.25, -0.2) is 0 Å². The van der Waals surface area contributed by atoms with Gasteiger partial charge in [0.25, 0.3) is 0 Å². The van der Waals surface area contributed by atoms with Crippen molar-refractivity contribution in [3.05, 3.63) is 83.4 Å². The molecule has 1 heteroatoms. The Balaban J connectivity index is 1.96. The van der Waals surface area contributed by atoms with E-state index in [1.807, 2.05) is 24.3 Å². The van der Waals surface area contributed by atoms with Crippen LogP contribution in [0, 0.1) is 0 Å². The molecule has 0 amide bonds. The van der Waals surface area contributed by atoms with E-state index in [0.717, 1.165) is 23.8 Å². The Bertz CT molecular complexity index is 846. The summed E-state index contributed by atoms with van der Waals surface area (Å²) in [5.41, 5.74) is 8.25. The van der Waals surface area contributed by atoms with Gasteiger partial charge in [-0.1, -0.05) is 66.7 Å². The van der Waals surface area contributed by atoms with Crippen molar-refractivity contribution in [1.29, 1.82) is 0 Å². The van der Waals surface area contributed by atoms with Crippen LogP contribution >= 0.6 is 0 Å². The van der Waals surface area contributed by atoms with Crippen molar-refractivity contribution in [2.75, 3.05) is 0 Å². The number of hydrogen-bond donors (Lipinski definition) is 0. The highest BCUT2D eigenvalue weighted by atomic mass is 16.1. The van der Waals surface area contributed by atoms with Crippen LogP contribution in [0.25, 0.3) is 22.3 Å². The molecule has 4 rings (SSSR count). The quantitative estimate of drug-likeness (QED) is 0.481. The molecule has 0 unspecified atom stereocenters. The first kappa shape index (κ1) is 12.1. The second-order valence-electron chi connectivity index (χ2n) is 5.37. The average Bonchev–Trinajstić information content (AvgIpc) is 2.93. The van der Waals surface area contributed by atoms with Crippen LogP contribution < -0.4 is 0 Å². The fraction of sp³-hybridized carbons (Fsp3) is 0.0500. The SMILES string of the molecule is O=Cc1ccccc1-c1cccc2c1Cc1ccccc1-2. The van der Waals surface area contributed by atoms with E-state index in [9.17, 15) is 4.79 Å². The normalized spacial score (nSPS) is 11.8. The summed E-state index contributed by atoms with van der Waals surface area (Å²) in [4.78, 5) is 11.3. The summed E-state index contributed by atoms with van der Waals surface area (Å²) < 4.78 is 0. The number of carbonyl (C=O) groups is 1. The molecule has 0 atom stereocenters. The number of aldehydes is 1. The van der Waals surface area contributed by atoms with Crippen LogP contribution in [0.2, 0.25) is 0 Å². The summed E-state index contributed by atoms with van der Waals surface area (Å²) in [5, 5.41) is 0. The van der Waals surface area contributed by atoms with E-state index in [0.29, 0.717) is 0 Å². The summed E-state index contributed by atoms with van der Waals surface area (Å²) in [6.07, 6.45) is 1.88. The third kappa shape index (κ3) is 1.82. The first-order valence-electron chi connectivity index (χ1n) is 7.13. The lowest BCUT2D eigenvalue weighted by molar-refractivity contribution is 0.112. The smallest absolute Gasteiger partial charge is 0.150 e. The summed E-state index contributed by atoms with van der Waals surface area (Å²) in [7, 11) is 0. The largest absolute Gasteiger partial charge is 0.298 e. The standard InChI is InChI=1S/C20H14O/c21-13-15-7-2-4-9-17(15)19-11-5-10-18-16-8-3-1-6-14(16)12-20(18)19/h1-11,13H,12H2. The highest BCUT2D eigenvalue weighted by Crippen LogP contribution is 2.41. The van der Waals surface area contributed by atoms with Gasteiger partial charge in [0.15, 0.2) is 6.29 Å². The van der Waals surface area contributed by atoms with Gasteiger partial charge in [-0.3, -0.25) is 4.79 Å². The van der Waals surface area contributed by atoms with Crippen LogP contribution in [0.5, 0.6) is 0 Å². The first-order chi connectivity index (χ1) is 10.4. The van der Waals surface area contributed by atoms with Gasteiger partial charge < -0.3 is 0 Å². The van der Waals surface area contributed by atoms with Crippen LogP contribution in [-0.4, -0.2) is 6.29 Å². The third-order valence-corrected chi connectivity index (χ3v) is 4.23. The van der Waals surface area contributed by atoms with Gasteiger partial charge >= 0.3 is 0 Å². The minimum atomic E-state index is 0.752. The lowest BCUT2D eigenvalue weighted by Crippen LogP contribution is -1.92. The first-order valence-corrected chi connectivity index (χ1v) is 7.13. The Hall–Kier alpha value is -2.67. The van der Waals surface area contributed by atoms with Crippen molar-refractivity contribution >= 4 is 6.29 Å². The minimum absolute atomic E-state index is 0.752. The van der Waals surface area contributed by atoms with E-state index in [4.69, 9.17) is 0 Å². The molecule has 0 saturated carbocycles. The summed E-state index contributed by atoms with van der Waals surface area (Å²) in [6, 6.07) is 22.7. The Morgan fingerprint density at radius 1 is 0.667 bits per heavy atom. The maximum Gasteiger partial charge on any atom is 0.150 e. The van der Waals surface area contributed by atoms with E-state index in [-0.39, 0.29) is 0 Å². The highest BCUT2D eigenvalue weighted by molar-refractivity contribution is 5.92. The Labute approximate surface area is 123 Å². The predicted octanol–water partition coefficient (Wildman–Crippen LogP) is 4.74. The van der Waals surface area contributed by atoms with Crippen molar-refractivity contribution in [2.45, 2.75) is 6.42 Å². The van der Waals surface area contributed by atoms with Gasteiger partial charge in [0, 0.05) is 5.56 Å². The van der Waals surface area contributed by atoms with Crippen LogP contribution in [-0.2, 0) is 6.42 Å². The Morgan fingerprint density at radius 2 is 1.29 bits per heavy atom. The molecule has 1 nitrogen and oxygen atoms in total. The summed E-state index contributed by atoms with van der Waals surface area (Å²) >= 11 is 0. The maximum atomic E-state index is 11.3. The Kier molecular flexibility index (Phi) is 2.71. The fourth-order valence-electron chi connectivity index (χ4n) is 3.25. The van der Waals surface area contributed by atoms with Gasteiger partial charge in [0.05, 0.1) is 0 Å². The molecular formula is C20H14O. The molecule has 1 aliphatic rings. The van der Waals surface area contributed by atoms with Crippen molar-refractivity contribution in [3.8, 4) is 22.3 Å². The second-order valence-corrected chi connectivity index (χ2v) is 5.37. The van der Waals surface area contributed by atoms with Gasteiger partial charge in [0.2, 0.25) is 0 Å². The van der Waals surface area contributed by atoms with Gasteiger partial charge in [0.1, 0.15) is 0 Å². The zero-order chi connectivity index (χ0) is 14.2. The molecule has 100 valence electrons. The maximum absolute atomic E-state index is 11.3. The molecule has 1 aliphatic carbocycles. The van der Waals surface area contributed by atoms with E-state index in [1.165, 1.54) is 27.8 Å². The zero-order valence-corrected chi connectivity index (χ0v) is 11.5. The van der Waals surface area contributed by atoms with Crippen molar-refractivity contribution in [3.63, 3.8) is 0 Å². The molecule has 21 heavy (non-hydrogen) atoms. The van der Waals surface area contributed by atoms with Crippen LogP contribution in [0.3, 0.4) is 0 Å². The average molecular weight is 270 g/mol. The fourth-order valence-corrected chi connectivity index (χ4v) is 3.25. The van der Waals surface area contributed by atoms with Crippen molar-refractivity contribution in [1.82, 2.24) is 0 Å². The number of carbonyl (C=O) groups excluding carboxylic acids is 1. The topological polar surface area (TPSA) is 17.1 Å². The molecule has 0 bridgehead atoms. The number of hydrogen-bond acceptors (Lipinski definition) is 1. The molecule has 0 fully saturated rings. The lowest BCUT2D eigenvalue weighted by Gasteiger charge is -2.10. The molecule has 0 aromatic heterocycles. The zero-order valence-electron chi connectivity index (χ0n) is 11.5. The molecular weight excluding hydrogens is 256 g/mol. The van der Waals surface area contributed by atoms with Crippen molar-refractivity contribution < 1.29 is 4.79 Å². The van der Waals surface area contributed by atoms with E-state index in [2.05, 4.69) is 42.5 Å². The van der Waals surface area contributed by atoms with E-state index in [1.54, 1.807) is 0 Å². The summed E-state index contributed by atoms with van der Waals surface area (Å²) in [6.45, 7) is 0. The predicted molar refractivity (Wildman–Crippen MR) is 85.5 cm³/mol. The van der Waals surface area contributed by atoms with Gasteiger partial charge in [-0.2, -0.15) is 0 Å². The van der Waals surface area contributed by atoms with E-state index < -0.39 is 0 Å². The second kappa shape index (κ2) is 4.71. The number of rotatable bonds is 2. The van der Waals surface area contributed by atoms with Crippen LogP contribution in [0.1, 0.15) is 21.5 Å². The molecule has 3 aromatic rings. The number of benzene rings is 3. The molecule has 0 saturated heterocycles. The minimum Gasteiger partial charge on any atom is -0.298 e.